The summed E-state index contributed by atoms with van der Waals surface area (Å²) in [5.41, 5.74) is 8.50. The Labute approximate surface area is 84.7 Å². The van der Waals surface area contributed by atoms with Crippen molar-refractivity contribution in [2.75, 3.05) is 0 Å². The van der Waals surface area contributed by atoms with Gasteiger partial charge in [-0.25, -0.2) is 4.79 Å². The fraction of sp³-hybridized carbons (Fsp3) is 0. The SMILES string of the molecule is NC(N)=O.[Cl-].[K+]. The first-order chi connectivity index (χ1) is 1.73. The van der Waals surface area contributed by atoms with Crippen molar-refractivity contribution in [1.29, 1.82) is 0 Å². The predicted octanol–water partition coefficient (Wildman–Crippen LogP) is -6.97. The number of primary amides is 2. The minimum atomic E-state index is -0.833. The topological polar surface area (TPSA) is 69.1 Å². The zero-order valence-electron chi connectivity index (χ0n) is 3.44. The van der Waals surface area contributed by atoms with Crippen LogP contribution in [0, 0.1) is 0 Å². The molecule has 0 aliphatic carbocycles. The number of amides is 2. The van der Waals surface area contributed by atoms with E-state index in [0.29, 0.717) is 0 Å². The van der Waals surface area contributed by atoms with Gasteiger partial charge in [0.1, 0.15) is 0 Å². The third-order valence-electron chi connectivity index (χ3n) is 0. The fourth-order valence-corrected chi connectivity index (χ4v) is 0. The molecule has 0 aliphatic rings. The Hall–Kier alpha value is 1.20. The van der Waals surface area contributed by atoms with E-state index in [9.17, 15) is 0 Å². The van der Waals surface area contributed by atoms with Crippen LogP contribution in [0.2, 0.25) is 0 Å². The number of carbonyl (C=O) groups excluding carboxylic acids is 1. The molecule has 0 aliphatic heterocycles. The zero-order chi connectivity index (χ0) is 3.58. The molecule has 0 atom stereocenters. The van der Waals surface area contributed by atoms with Crippen LogP contribution in [0.15, 0.2) is 0 Å². The molecule has 0 aromatic heterocycles. The minimum Gasteiger partial charge on any atom is -1.00 e. The molecule has 0 aromatic rings. The molecule has 2 amide bonds. The van der Waals surface area contributed by atoms with Gasteiger partial charge in [-0.3, -0.25) is 0 Å². The minimum absolute atomic E-state index is 0. The maximum atomic E-state index is 9.00. The van der Waals surface area contributed by atoms with Crippen molar-refractivity contribution < 1.29 is 68.6 Å². The van der Waals surface area contributed by atoms with Crippen molar-refractivity contribution in [3.8, 4) is 0 Å². The molecule has 0 rings (SSSR count). The summed E-state index contributed by atoms with van der Waals surface area (Å²) in [6.45, 7) is 0. The van der Waals surface area contributed by atoms with Crippen molar-refractivity contribution >= 4 is 6.03 Å². The summed E-state index contributed by atoms with van der Waals surface area (Å²) in [6, 6.07) is -0.833. The number of halogens is 1. The third kappa shape index (κ3) is 63.9. The van der Waals surface area contributed by atoms with E-state index in [1.54, 1.807) is 0 Å². The van der Waals surface area contributed by atoms with E-state index in [1.165, 1.54) is 0 Å². The van der Waals surface area contributed by atoms with E-state index in [2.05, 4.69) is 11.5 Å². The molecule has 0 radical (unpaired) electrons. The van der Waals surface area contributed by atoms with Crippen molar-refractivity contribution in [2.24, 2.45) is 11.5 Å². The summed E-state index contributed by atoms with van der Waals surface area (Å²) < 4.78 is 0. The summed E-state index contributed by atoms with van der Waals surface area (Å²) in [6.07, 6.45) is 0. The monoisotopic (exact) mass is 134 g/mol. The average molecular weight is 135 g/mol. The van der Waals surface area contributed by atoms with E-state index in [0.717, 1.165) is 0 Å². The first-order valence-corrected chi connectivity index (χ1v) is 0.781. The van der Waals surface area contributed by atoms with Crippen LogP contribution in [0.3, 0.4) is 0 Å². The van der Waals surface area contributed by atoms with Crippen LogP contribution in [0.5, 0.6) is 0 Å². The summed E-state index contributed by atoms with van der Waals surface area (Å²) in [7, 11) is 0. The van der Waals surface area contributed by atoms with E-state index < -0.39 is 6.03 Å². The summed E-state index contributed by atoms with van der Waals surface area (Å²) >= 11 is 0. The number of nitrogens with two attached hydrogens (primary N) is 2. The van der Waals surface area contributed by atoms with E-state index in [4.69, 9.17) is 4.79 Å². The normalized spacial score (nSPS) is 4.00. The third-order valence-corrected chi connectivity index (χ3v) is 0. The molecule has 4 N–H and O–H groups in total. The van der Waals surface area contributed by atoms with Gasteiger partial charge in [0, 0.05) is 0 Å². The maximum Gasteiger partial charge on any atom is 1.00 e. The Bertz CT molecular complexity index is 36.5. The summed E-state index contributed by atoms with van der Waals surface area (Å²) in [5, 5.41) is 0. The predicted molar refractivity (Wildman–Crippen MR) is 13.8 cm³/mol. The van der Waals surface area contributed by atoms with Crippen LogP contribution in [-0.4, -0.2) is 6.03 Å². The number of carbonyl (C=O) groups is 1. The van der Waals surface area contributed by atoms with Gasteiger partial charge in [-0.1, -0.05) is 0 Å². The largest absolute Gasteiger partial charge is 1.00 e. The van der Waals surface area contributed by atoms with Crippen LogP contribution >= 0.6 is 0 Å². The van der Waals surface area contributed by atoms with Crippen molar-refractivity contribution in [1.82, 2.24) is 0 Å². The molecule has 0 aromatic carbocycles. The molecule has 0 bridgehead atoms. The van der Waals surface area contributed by atoms with Crippen LogP contribution in [0.1, 0.15) is 0 Å². The number of hydrogen-bond donors (Lipinski definition) is 2. The number of urea groups is 1. The standard InChI is InChI=1S/CH4N2O.ClH.K/c2-1(3)4;;/h(H4,2,3,4);1H;/q;;+1/p-1. The van der Waals surface area contributed by atoms with Gasteiger partial charge in [0.2, 0.25) is 0 Å². The molecule has 0 unspecified atom stereocenters. The van der Waals surface area contributed by atoms with Crippen molar-refractivity contribution in [2.45, 2.75) is 0 Å². The van der Waals surface area contributed by atoms with E-state index in [-0.39, 0.29) is 63.8 Å². The maximum absolute atomic E-state index is 9.00. The molecule has 3 nitrogen and oxygen atoms in total. The zero-order valence-corrected chi connectivity index (χ0v) is 7.32. The Morgan fingerprint density at radius 3 is 1.33 bits per heavy atom. The molecule has 0 saturated heterocycles. The van der Waals surface area contributed by atoms with Gasteiger partial charge in [-0.15, -0.1) is 0 Å². The Balaban J connectivity index is -0.0000000450. The van der Waals surface area contributed by atoms with Crippen LogP contribution in [0.4, 0.5) is 4.79 Å². The average Bonchev–Trinajstić information content (AvgIpc) is 0.811. The van der Waals surface area contributed by atoms with Crippen LogP contribution in [-0.2, 0) is 0 Å². The van der Waals surface area contributed by atoms with Crippen molar-refractivity contribution in [3.63, 3.8) is 0 Å². The Kier molecular flexibility index (Phi) is 24.8. The number of hydrogen-bond acceptors (Lipinski definition) is 1. The molecule has 0 spiro atoms. The van der Waals surface area contributed by atoms with Gasteiger partial charge in [0.15, 0.2) is 0 Å². The van der Waals surface area contributed by atoms with Gasteiger partial charge in [0.05, 0.1) is 0 Å². The molecule has 6 heavy (non-hydrogen) atoms. The first-order valence-electron chi connectivity index (χ1n) is 0.781. The second-order valence-electron chi connectivity index (χ2n) is 0.402. The first kappa shape index (κ1) is 15.7. The van der Waals surface area contributed by atoms with E-state index >= 15 is 0 Å². The second kappa shape index (κ2) is 9.50. The fourth-order valence-electron chi connectivity index (χ4n) is 0. The van der Waals surface area contributed by atoms with Gasteiger partial charge < -0.3 is 23.9 Å². The quantitative estimate of drug-likeness (QED) is 0.318. The van der Waals surface area contributed by atoms with Crippen LogP contribution in [0.25, 0.3) is 0 Å². The van der Waals surface area contributed by atoms with Gasteiger partial charge in [-0.2, -0.15) is 0 Å². The number of rotatable bonds is 0. The molecule has 32 valence electrons. The molecular formula is CH4ClKN2O. The smallest absolute Gasteiger partial charge is 1.00 e. The van der Waals surface area contributed by atoms with Gasteiger partial charge in [0.25, 0.3) is 0 Å². The molecule has 0 heterocycles. The molecule has 0 fully saturated rings. The molecule has 0 saturated carbocycles. The summed E-state index contributed by atoms with van der Waals surface area (Å²) in [5.74, 6) is 0. The van der Waals surface area contributed by atoms with Crippen LogP contribution < -0.4 is 75.3 Å². The Morgan fingerprint density at radius 2 is 1.33 bits per heavy atom. The summed E-state index contributed by atoms with van der Waals surface area (Å²) in [4.78, 5) is 9.00. The van der Waals surface area contributed by atoms with Gasteiger partial charge >= 0.3 is 57.4 Å². The Morgan fingerprint density at radius 1 is 1.33 bits per heavy atom. The van der Waals surface area contributed by atoms with E-state index in [1.807, 2.05) is 0 Å². The molecule has 5 heteroatoms. The second-order valence-corrected chi connectivity index (χ2v) is 0.402. The van der Waals surface area contributed by atoms with Crippen molar-refractivity contribution in [3.05, 3.63) is 0 Å². The van der Waals surface area contributed by atoms with Gasteiger partial charge in [-0.05, 0) is 0 Å². The molecular weight excluding hydrogens is 131 g/mol.